The van der Waals surface area contributed by atoms with Gasteiger partial charge < -0.3 is 20.3 Å². The third-order valence-corrected chi connectivity index (χ3v) is 4.31. The fraction of sp³-hybridized carbons (Fsp3) is 0.316. The third kappa shape index (κ3) is 4.30. The average molecular weight is 354 g/mol. The van der Waals surface area contributed by atoms with Gasteiger partial charge in [-0.05, 0) is 24.3 Å². The molecule has 1 aliphatic heterocycles. The molecule has 2 N–H and O–H groups in total. The highest BCUT2D eigenvalue weighted by Gasteiger charge is 2.24. The summed E-state index contributed by atoms with van der Waals surface area (Å²) in [5.41, 5.74) is 5.82. The highest BCUT2D eigenvalue weighted by atomic mass is 16.5. The lowest BCUT2D eigenvalue weighted by molar-refractivity contribution is -0.132. The van der Waals surface area contributed by atoms with Crippen LogP contribution in [0.15, 0.2) is 48.7 Å². The molecule has 1 aromatic heterocycles. The number of ether oxygens (including phenoxy) is 1. The van der Waals surface area contributed by atoms with E-state index in [1.54, 1.807) is 18.3 Å². The molecule has 0 unspecified atom stereocenters. The molecule has 0 aliphatic carbocycles. The second kappa shape index (κ2) is 8.33. The van der Waals surface area contributed by atoms with E-state index in [9.17, 15) is 9.59 Å². The number of anilines is 1. The number of nitrogens with zero attached hydrogens (tertiary/aromatic N) is 3. The molecular formula is C19H22N4O3. The van der Waals surface area contributed by atoms with Crippen molar-refractivity contribution in [3.63, 3.8) is 0 Å². The normalized spacial score (nSPS) is 14.2. The van der Waals surface area contributed by atoms with Crippen molar-refractivity contribution in [2.75, 3.05) is 37.7 Å². The number of pyridine rings is 1. The van der Waals surface area contributed by atoms with E-state index in [4.69, 9.17) is 10.5 Å². The number of aromatic nitrogens is 1. The Morgan fingerprint density at radius 3 is 2.46 bits per heavy atom. The van der Waals surface area contributed by atoms with Crippen LogP contribution in [0.1, 0.15) is 16.8 Å². The van der Waals surface area contributed by atoms with Crippen LogP contribution in [0.25, 0.3) is 0 Å². The molecular weight excluding hydrogens is 332 g/mol. The van der Waals surface area contributed by atoms with Crippen molar-refractivity contribution in [3.8, 4) is 5.75 Å². The first-order valence-electron chi connectivity index (χ1n) is 8.60. The molecule has 0 radical (unpaired) electrons. The molecule has 0 spiro atoms. The first-order valence-corrected chi connectivity index (χ1v) is 8.60. The molecule has 2 heterocycles. The molecule has 7 heteroatoms. The predicted octanol–water partition coefficient (Wildman–Crippen LogP) is 1.30. The molecule has 2 aromatic rings. The van der Waals surface area contributed by atoms with Gasteiger partial charge in [0.25, 0.3) is 5.91 Å². The minimum atomic E-state index is -0.496. The number of hydrogen-bond acceptors (Lipinski definition) is 5. The molecule has 1 aliphatic rings. The maximum atomic E-state index is 12.3. The SMILES string of the molecule is NC(=O)c1cccnc1N1CCN(C(=O)CCOc2ccccc2)CC1. The standard InChI is InChI=1S/C19H22N4O3/c20-18(25)16-7-4-9-21-19(16)23-12-10-22(11-13-23)17(24)8-14-26-15-5-2-1-3-6-15/h1-7,9H,8,10-14H2,(H2,20,25). The molecule has 0 saturated carbocycles. The Morgan fingerprint density at radius 2 is 1.77 bits per heavy atom. The maximum absolute atomic E-state index is 12.3. The fourth-order valence-electron chi connectivity index (χ4n) is 2.94. The van der Waals surface area contributed by atoms with Crippen molar-refractivity contribution >= 4 is 17.6 Å². The van der Waals surface area contributed by atoms with Gasteiger partial charge in [0, 0.05) is 32.4 Å². The second-order valence-corrected chi connectivity index (χ2v) is 6.02. The third-order valence-electron chi connectivity index (χ3n) is 4.31. The Kier molecular flexibility index (Phi) is 5.68. The van der Waals surface area contributed by atoms with Crippen molar-refractivity contribution in [3.05, 3.63) is 54.2 Å². The van der Waals surface area contributed by atoms with Crippen molar-refractivity contribution in [1.82, 2.24) is 9.88 Å². The summed E-state index contributed by atoms with van der Waals surface area (Å²) in [7, 11) is 0. The molecule has 0 bridgehead atoms. The number of benzene rings is 1. The van der Waals surface area contributed by atoms with Crippen LogP contribution in [0.2, 0.25) is 0 Å². The monoisotopic (exact) mass is 354 g/mol. The van der Waals surface area contributed by atoms with Crippen LogP contribution in [0.4, 0.5) is 5.82 Å². The average Bonchev–Trinajstić information content (AvgIpc) is 2.69. The van der Waals surface area contributed by atoms with Crippen LogP contribution in [-0.2, 0) is 4.79 Å². The van der Waals surface area contributed by atoms with Gasteiger partial charge in [0.15, 0.2) is 0 Å². The van der Waals surface area contributed by atoms with E-state index in [0.29, 0.717) is 50.6 Å². The number of hydrogen-bond donors (Lipinski definition) is 1. The number of primary amides is 1. The smallest absolute Gasteiger partial charge is 0.252 e. The number of piperazine rings is 1. The van der Waals surface area contributed by atoms with E-state index in [1.807, 2.05) is 40.1 Å². The van der Waals surface area contributed by atoms with E-state index in [-0.39, 0.29) is 5.91 Å². The molecule has 26 heavy (non-hydrogen) atoms. The van der Waals surface area contributed by atoms with E-state index < -0.39 is 5.91 Å². The van der Waals surface area contributed by atoms with Gasteiger partial charge in [-0.1, -0.05) is 18.2 Å². The van der Waals surface area contributed by atoms with Crippen LogP contribution >= 0.6 is 0 Å². The summed E-state index contributed by atoms with van der Waals surface area (Å²) < 4.78 is 5.58. The Bertz CT molecular complexity index is 758. The summed E-state index contributed by atoms with van der Waals surface area (Å²) in [5, 5.41) is 0. The zero-order valence-corrected chi connectivity index (χ0v) is 14.5. The van der Waals surface area contributed by atoms with E-state index in [0.717, 1.165) is 5.75 Å². The highest BCUT2D eigenvalue weighted by Crippen LogP contribution is 2.19. The summed E-state index contributed by atoms with van der Waals surface area (Å²) in [5.74, 6) is 0.917. The van der Waals surface area contributed by atoms with Crippen molar-refractivity contribution in [2.45, 2.75) is 6.42 Å². The minimum absolute atomic E-state index is 0.0664. The van der Waals surface area contributed by atoms with Crippen molar-refractivity contribution < 1.29 is 14.3 Å². The van der Waals surface area contributed by atoms with Crippen LogP contribution < -0.4 is 15.4 Å². The van der Waals surface area contributed by atoms with Gasteiger partial charge in [0.2, 0.25) is 5.91 Å². The zero-order valence-electron chi connectivity index (χ0n) is 14.5. The van der Waals surface area contributed by atoms with E-state index >= 15 is 0 Å². The predicted molar refractivity (Wildman–Crippen MR) is 98.1 cm³/mol. The number of nitrogens with two attached hydrogens (primary N) is 1. The van der Waals surface area contributed by atoms with Crippen molar-refractivity contribution in [1.29, 1.82) is 0 Å². The van der Waals surface area contributed by atoms with Crippen LogP contribution in [-0.4, -0.2) is 54.5 Å². The van der Waals surface area contributed by atoms with Crippen molar-refractivity contribution in [2.24, 2.45) is 5.73 Å². The molecule has 7 nitrogen and oxygen atoms in total. The summed E-state index contributed by atoms with van der Waals surface area (Å²) >= 11 is 0. The summed E-state index contributed by atoms with van der Waals surface area (Å²) in [6, 6.07) is 12.8. The molecule has 136 valence electrons. The topological polar surface area (TPSA) is 88.8 Å². The zero-order chi connectivity index (χ0) is 18.4. The Morgan fingerprint density at radius 1 is 1.04 bits per heavy atom. The van der Waals surface area contributed by atoms with Gasteiger partial charge >= 0.3 is 0 Å². The molecule has 3 rings (SSSR count). The summed E-state index contributed by atoms with van der Waals surface area (Å²) in [6.07, 6.45) is 1.98. The quantitative estimate of drug-likeness (QED) is 0.845. The first-order chi connectivity index (χ1) is 12.6. The summed E-state index contributed by atoms with van der Waals surface area (Å²) in [4.78, 5) is 32.0. The molecule has 1 aromatic carbocycles. The van der Waals surface area contributed by atoms with Crippen LogP contribution in [0.5, 0.6) is 5.75 Å². The lowest BCUT2D eigenvalue weighted by Gasteiger charge is -2.36. The Balaban J connectivity index is 1.49. The second-order valence-electron chi connectivity index (χ2n) is 6.02. The Labute approximate surface area is 152 Å². The fourth-order valence-corrected chi connectivity index (χ4v) is 2.94. The number of para-hydroxylation sites is 1. The Hall–Kier alpha value is -3.09. The van der Waals surface area contributed by atoms with E-state index in [1.165, 1.54) is 0 Å². The van der Waals surface area contributed by atoms with Gasteiger partial charge in [-0.2, -0.15) is 0 Å². The maximum Gasteiger partial charge on any atom is 0.252 e. The number of carbonyl (C=O) groups is 2. The summed E-state index contributed by atoms with van der Waals surface area (Å²) in [6.45, 7) is 2.75. The lowest BCUT2D eigenvalue weighted by Crippen LogP contribution is -2.49. The van der Waals surface area contributed by atoms with Gasteiger partial charge in [-0.25, -0.2) is 4.98 Å². The first kappa shape index (κ1) is 17.7. The van der Waals surface area contributed by atoms with Crippen LogP contribution in [0.3, 0.4) is 0 Å². The largest absolute Gasteiger partial charge is 0.493 e. The highest BCUT2D eigenvalue weighted by molar-refractivity contribution is 5.97. The van der Waals surface area contributed by atoms with Crippen LogP contribution in [0, 0.1) is 0 Å². The molecule has 1 fully saturated rings. The van der Waals surface area contributed by atoms with Gasteiger partial charge in [-0.15, -0.1) is 0 Å². The van der Waals surface area contributed by atoms with Gasteiger partial charge in [-0.3, -0.25) is 9.59 Å². The minimum Gasteiger partial charge on any atom is -0.493 e. The molecule has 2 amide bonds. The van der Waals surface area contributed by atoms with Gasteiger partial charge in [0.05, 0.1) is 18.6 Å². The van der Waals surface area contributed by atoms with Gasteiger partial charge in [0.1, 0.15) is 11.6 Å². The lowest BCUT2D eigenvalue weighted by atomic mass is 10.2. The van der Waals surface area contributed by atoms with E-state index in [2.05, 4.69) is 4.98 Å². The molecule has 1 saturated heterocycles. The number of amides is 2. The number of rotatable bonds is 6. The molecule has 0 atom stereocenters. The number of carbonyl (C=O) groups excluding carboxylic acids is 2.